The molecular weight excluding hydrogens is 306 g/mol. The number of esters is 2. The summed E-state index contributed by atoms with van der Waals surface area (Å²) < 4.78 is 11.7. The van der Waals surface area contributed by atoms with Gasteiger partial charge < -0.3 is 14.0 Å². The van der Waals surface area contributed by atoms with Gasteiger partial charge in [-0.2, -0.15) is 0 Å². The molecular formula is C19H25NO4. The highest BCUT2D eigenvalue weighted by Gasteiger charge is 2.12. The molecule has 0 aliphatic rings. The summed E-state index contributed by atoms with van der Waals surface area (Å²) in [6.45, 7) is 2.96. The minimum Gasteiger partial charge on any atom is -0.469 e. The molecule has 0 saturated carbocycles. The molecule has 0 fully saturated rings. The summed E-state index contributed by atoms with van der Waals surface area (Å²) in [5.74, 6) is -0.501. The van der Waals surface area contributed by atoms with E-state index < -0.39 is 0 Å². The number of unbranched alkanes of at least 4 members (excludes halogenated alkanes) is 1. The molecule has 0 N–H and O–H groups in total. The maximum atomic E-state index is 11.8. The second kappa shape index (κ2) is 8.52. The van der Waals surface area contributed by atoms with E-state index in [2.05, 4.69) is 22.4 Å². The number of hydrogen-bond donors (Lipinski definition) is 0. The quantitative estimate of drug-likeness (QED) is 0.546. The lowest BCUT2D eigenvalue weighted by Gasteiger charge is -2.06. The van der Waals surface area contributed by atoms with Crippen LogP contribution in [0.4, 0.5) is 0 Å². The van der Waals surface area contributed by atoms with Crippen LogP contribution in [0.25, 0.3) is 10.9 Å². The van der Waals surface area contributed by atoms with Gasteiger partial charge in [-0.25, -0.2) is 4.79 Å². The van der Waals surface area contributed by atoms with Crippen LogP contribution in [0.2, 0.25) is 0 Å². The van der Waals surface area contributed by atoms with Crippen molar-refractivity contribution < 1.29 is 19.1 Å². The Balaban J connectivity index is 2.22. The first-order valence-electron chi connectivity index (χ1n) is 8.37. The lowest BCUT2D eigenvalue weighted by Crippen LogP contribution is -2.03. The van der Waals surface area contributed by atoms with Gasteiger partial charge in [0.2, 0.25) is 0 Å². The molecule has 0 bridgehead atoms. The van der Waals surface area contributed by atoms with E-state index in [1.807, 2.05) is 18.2 Å². The number of carbonyl (C=O) groups is 2. The first-order valence-corrected chi connectivity index (χ1v) is 8.37. The van der Waals surface area contributed by atoms with Crippen molar-refractivity contribution in [1.29, 1.82) is 0 Å². The summed E-state index contributed by atoms with van der Waals surface area (Å²) in [6, 6.07) is 5.70. The van der Waals surface area contributed by atoms with Crippen LogP contribution in [0.1, 0.15) is 48.5 Å². The van der Waals surface area contributed by atoms with E-state index in [4.69, 9.17) is 4.74 Å². The van der Waals surface area contributed by atoms with E-state index in [-0.39, 0.29) is 11.9 Å². The van der Waals surface area contributed by atoms with Crippen LogP contribution in [0.5, 0.6) is 0 Å². The third kappa shape index (κ3) is 4.16. The summed E-state index contributed by atoms with van der Waals surface area (Å²) in [5, 5.41) is 1.18. The Morgan fingerprint density at radius 3 is 2.58 bits per heavy atom. The third-order valence-electron chi connectivity index (χ3n) is 4.16. The van der Waals surface area contributed by atoms with E-state index in [1.54, 1.807) is 0 Å². The molecule has 0 saturated heterocycles. The van der Waals surface area contributed by atoms with Crippen LogP contribution in [0, 0.1) is 0 Å². The van der Waals surface area contributed by atoms with E-state index in [1.165, 1.54) is 25.2 Å². The summed E-state index contributed by atoms with van der Waals surface area (Å²) in [6.07, 6.45) is 6.33. The van der Waals surface area contributed by atoms with E-state index in [9.17, 15) is 9.59 Å². The van der Waals surface area contributed by atoms with Crippen molar-refractivity contribution in [3.8, 4) is 0 Å². The first kappa shape index (κ1) is 18.0. The number of carbonyl (C=O) groups excluding carboxylic acids is 2. The zero-order valence-electron chi connectivity index (χ0n) is 14.6. The molecule has 1 heterocycles. The molecule has 0 radical (unpaired) electrons. The fourth-order valence-corrected chi connectivity index (χ4v) is 2.92. The summed E-state index contributed by atoms with van der Waals surface area (Å²) in [7, 11) is 2.80. The minimum absolute atomic E-state index is 0.174. The minimum atomic E-state index is -0.326. The van der Waals surface area contributed by atoms with Crippen LogP contribution in [0.15, 0.2) is 24.4 Å². The normalized spacial score (nSPS) is 10.8. The van der Waals surface area contributed by atoms with E-state index in [0.717, 1.165) is 37.7 Å². The SMILES string of the molecule is CCCc1cn(CCCCC(=O)OC)c2cc(C(=O)OC)ccc12. The van der Waals surface area contributed by atoms with Crippen molar-refractivity contribution in [1.82, 2.24) is 4.57 Å². The number of ether oxygens (including phenoxy) is 2. The van der Waals surface area contributed by atoms with Gasteiger partial charge >= 0.3 is 11.9 Å². The predicted octanol–water partition coefficient (Wildman–Crippen LogP) is 3.72. The third-order valence-corrected chi connectivity index (χ3v) is 4.16. The fraction of sp³-hybridized carbons (Fsp3) is 0.474. The van der Waals surface area contributed by atoms with Crippen molar-refractivity contribution >= 4 is 22.8 Å². The number of methoxy groups -OCH3 is 2. The van der Waals surface area contributed by atoms with Crippen molar-refractivity contribution in [3.05, 3.63) is 35.5 Å². The Morgan fingerprint density at radius 1 is 1.12 bits per heavy atom. The molecule has 0 unspecified atom stereocenters. The molecule has 130 valence electrons. The topological polar surface area (TPSA) is 57.5 Å². The summed E-state index contributed by atoms with van der Waals surface area (Å²) >= 11 is 0. The Morgan fingerprint density at radius 2 is 1.92 bits per heavy atom. The molecule has 0 atom stereocenters. The number of nitrogens with zero attached hydrogens (tertiary/aromatic N) is 1. The van der Waals surface area contributed by atoms with Crippen molar-refractivity contribution in [2.24, 2.45) is 0 Å². The van der Waals surface area contributed by atoms with Gasteiger partial charge in [-0.15, -0.1) is 0 Å². The molecule has 0 aliphatic heterocycles. The van der Waals surface area contributed by atoms with Crippen molar-refractivity contribution in [3.63, 3.8) is 0 Å². The highest BCUT2D eigenvalue weighted by Crippen LogP contribution is 2.25. The van der Waals surface area contributed by atoms with Crippen LogP contribution in [-0.4, -0.2) is 30.7 Å². The second-order valence-corrected chi connectivity index (χ2v) is 5.85. The summed E-state index contributed by atoms with van der Waals surface area (Å²) in [5.41, 5.74) is 2.89. The number of aromatic nitrogens is 1. The molecule has 0 spiro atoms. The molecule has 1 aromatic carbocycles. The number of hydrogen-bond acceptors (Lipinski definition) is 4. The van der Waals surface area contributed by atoms with Gasteiger partial charge in [0.05, 0.1) is 19.8 Å². The van der Waals surface area contributed by atoms with Crippen LogP contribution in [0.3, 0.4) is 0 Å². The highest BCUT2D eigenvalue weighted by atomic mass is 16.5. The van der Waals surface area contributed by atoms with Gasteiger partial charge in [-0.3, -0.25) is 4.79 Å². The van der Waals surface area contributed by atoms with Gasteiger partial charge in [0.15, 0.2) is 0 Å². The molecule has 24 heavy (non-hydrogen) atoms. The van der Waals surface area contributed by atoms with Crippen LogP contribution < -0.4 is 0 Å². The fourth-order valence-electron chi connectivity index (χ4n) is 2.92. The Bertz CT molecular complexity index is 717. The zero-order chi connectivity index (χ0) is 17.5. The number of rotatable bonds is 8. The van der Waals surface area contributed by atoms with E-state index in [0.29, 0.717) is 12.0 Å². The molecule has 2 aromatic rings. The lowest BCUT2D eigenvalue weighted by atomic mass is 10.1. The summed E-state index contributed by atoms with van der Waals surface area (Å²) in [4.78, 5) is 23.0. The Labute approximate surface area is 142 Å². The van der Waals surface area contributed by atoms with Gasteiger partial charge in [0.25, 0.3) is 0 Å². The van der Waals surface area contributed by atoms with Gasteiger partial charge in [0, 0.05) is 30.1 Å². The van der Waals surface area contributed by atoms with Crippen molar-refractivity contribution in [2.45, 2.75) is 45.6 Å². The Kier molecular flexibility index (Phi) is 6.41. The average molecular weight is 331 g/mol. The highest BCUT2D eigenvalue weighted by molar-refractivity contribution is 5.95. The second-order valence-electron chi connectivity index (χ2n) is 5.85. The van der Waals surface area contributed by atoms with Gasteiger partial charge in [-0.1, -0.05) is 19.4 Å². The van der Waals surface area contributed by atoms with Crippen LogP contribution in [-0.2, 0) is 27.2 Å². The maximum absolute atomic E-state index is 11.8. The van der Waals surface area contributed by atoms with Crippen LogP contribution >= 0.6 is 0 Å². The molecule has 2 rings (SSSR count). The molecule has 0 aliphatic carbocycles. The standard InChI is InChI=1S/C19H25NO4/c1-4-7-15-13-20(11-6-5-8-18(21)23-2)17-12-14(19(22)24-3)9-10-16(15)17/h9-10,12-13H,4-8,11H2,1-3H3. The van der Waals surface area contributed by atoms with E-state index >= 15 is 0 Å². The smallest absolute Gasteiger partial charge is 0.337 e. The number of fused-ring (bicyclic) bond motifs is 1. The predicted molar refractivity (Wildman–Crippen MR) is 93.1 cm³/mol. The average Bonchev–Trinajstić information content (AvgIpc) is 2.95. The monoisotopic (exact) mass is 331 g/mol. The first-order chi connectivity index (χ1) is 11.6. The lowest BCUT2D eigenvalue weighted by molar-refractivity contribution is -0.140. The molecule has 1 aromatic heterocycles. The zero-order valence-corrected chi connectivity index (χ0v) is 14.6. The largest absolute Gasteiger partial charge is 0.469 e. The molecule has 0 amide bonds. The van der Waals surface area contributed by atoms with Gasteiger partial charge in [0.1, 0.15) is 0 Å². The number of aryl methyl sites for hydroxylation is 2. The van der Waals surface area contributed by atoms with Gasteiger partial charge in [-0.05, 0) is 37.0 Å². The number of benzene rings is 1. The maximum Gasteiger partial charge on any atom is 0.337 e. The molecule has 5 heteroatoms. The van der Waals surface area contributed by atoms with Crippen molar-refractivity contribution in [2.75, 3.05) is 14.2 Å². The Hall–Kier alpha value is -2.30. The molecule has 5 nitrogen and oxygen atoms in total.